The Labute approximate surface area is 139 Å². The van der Waals surface area contributed by atoms with Crippen molar-refractivity contribution in [1.82, 2.24) is 0 Å². The van der Waals surface area contributed by atoms with Crippen LogP contribution in [0.3, 0.4) is 0 Å². The summed E-state index contributed by atoms with van der Waals surface area (Å²) in [5.74, 6) is 10.4. The minimum absolute atomic E-state index is 0.679. The highest BCUT2D eigenvalue weighted by Crippen LogP contribution is 2.32. The molecular weight excluding hydrogens is 264 g/mol. The molecule has 0 spiro atoms. The molecule has 0 heterocycles. The van der Waals surface area contributed by atoms with Gasteiger partial charge in [0.25, 0.3) is 0 Å². The maximum atomic E-state index is 3.52. The van der Waals surface area contributed by atoms with Gasteiger partial charge < -0.3 is 0 Å². The van der Waals surface area contributed by atoms with Gasteiger partial charge in [0.1, 0.15) is 0 Å². The molecule has 2 rings (SSSR count). The molecule has 22 heavy (non-hydrogen) atoms. The highest BCUT2D eigenvalue weighted by atomic mass is 14.2. The summed E-state index contributed by atoms with van der Waals surface area (Å²) in [5.41, 5.74) is 0. The molecular formula is C22H36. The minimum Gasteiger partial charge on any atom is -0.0951 e. The van der Waals surface area contributed by atoms with Crippen LogP contribution in [0, 0.1) is 35.5 Å². The molecule has 2 aliphatic carbocycles. The maximum Gasteiger partial charge on any atom is 0.0206 e. The third-order valence-electron chi connectivity index (χ3n) is 5.87. The molecule has 0 atom stereocenters. The molecule has 0 nitrogen and oxygen atoms in total. The van der Waals surface area contributed by atoms with Crippen LogP contribution in [0.15, 0.2) is 12.2 Å². The van der Waals surface area contributed by atoms with Crippen LogP contribution in [0.2, 0.25) is 0 Å². The monoisotopic (exact) mass is 300 g/mol. The van der Waals surface area contributed by atoms with E-state index in [1.54, 1.807) is 0 Å². The second-order valence-corrected chi connectivity index (χ2v) is 7.72. The largest absolute Gasteiger partial charge is 0.0951 e. The van der Waals surface area contributed by atoms with E-state index in [9.17, 15) is 0 Å². The number of rotatable bonds is 5. The smallest absolute Gasteiger partial charge is 0.0206 e. The number of hydrogen-bond acceptors (Lipinski definition) is 0. The van der Waals surface area contributed by atoms with E-state index in [2.05, 4.69) is 37.8 Å². The Kier molecular flexibility index (Phi) is 8.14. The van der Waals surface area contributed by atoms with Crippen molar-refractivity contribution in [2.75, 3.05) is 0 Å². The lowest BCUT2D eigenvalue weighted by Gasteiger charge is -2.26. The summed E-state index contributed by atoms with van der Waals surface area (Å²) < 4.78 is 0. The molecule has 2 aliphatic rings. The second-order valence-electron chi connectivity index (χ2n) is 7.72. The molecule has 0 bridgehead atoms. The summed E-state index contributed by atoms with van der Waals surface area (Å²) in [4.78, 5) is 0. The lowest BCUT2D eigenvalue weighted by Crippen LogP contribution is -2.13. The Morgan fingerprint density at radius 1 is 0.773 bits per heavy atom. The van der Waals surface area contributed by atoms with Crippen molar-refractivity contribution in [3.8, 4) is 11.8 Å². The van der Waals surface area contributed by atoms with Crippen LogP contribution in [0.1, 0.15) is 90.9 Å². The fourth-order valence-electron chi connectivity index (χ4n) is 4.43. The topological polar surface area (TPSA) is 0 Å². The summed E-state index contributed by atoms with van der Waals surface area (Å²) >= 11 is 0. The molecule has 0 amide bonds. The van der Waals surface area contributed by atoms with Gasteiger partial charge in [0.05, 0.1) is 0 Å². The zero-order valence-electron chi connectivity index (χ0n) is 14.9. The Morgan fingerprint density at radius 2 is 1.32 bits per heavy atom. The average Bonchev–Trinajstić information content (AvgIpc) is 2.55. The van der Waals surface area contributed by atoms with Crippen molar-refractivity contribution in [3.05, 3.63) is 12.2 Å². The van der Waals surface area contributed by atoms with Crippen molar-refractivity contribution in [2.24, 2.45) is 23.7 Å². The third-order valence-corrected chi connectivity index (χ3v) is 5.87. The zero-order valence-corrected chi connectivity index (χ0v) is 14.9. The van der Waals surface area contributed by atoms with Gasteiger partial charge >= 0.3 is 0 Å². The van der Waals surface area contributed by atoms with E-state index in [1.807, 2.05) is 0 Å². The normalized spacial score (nSPS) is 32.6. The standard InChI is InChI=1S/C22H36/c1-3-7-19-11-15-21(16-12-19)9-5-6-10-22-17-13-20(8-4-2)14-18-22/h5,9,19-22H,3-4,7-8,11-18H2,1-2H3/b9-5+. The first-order valence-electron chi connectivity index (χ1n) is 9.99. The van der Waals surface area contributed by atoms with Crippen LogP contribution in [0.5, 0.6) is 0 Å². The maximum absolute atomic E-state index is 3.52. The first-order valence-corrected chi connectivity index (χ1v) is 9.99. The Balaban J connectivity index is 1.64. The summed E-state index contributed by atoms with van der Waals surface area (Å²) in [6, 6.07) is 0. The zero-order chi connectivity index (χ0) is 15.6. The minimum atomic E-state index is 0.679. The van der Waals surface area contributed by atoms with Crippen LogP contribution in [-0.2, 0) is 0 Å². The quantitative estimate of drug-likeness (QED) is 0.492. The van der Waals surface area contributed by atoms with E-state index < -0.39 is 0 Å². The van der Waals surface area contributed by atoms with Crippen molar-refractivity contribution >= 4 is 0 Å². The van der Waals surface area contributed by atoms with Crippen LogP contribution < -0.4 is 0 Å². The Bertz CT molecular complexity index is 365. The van der Waals surface area contributed by atoms with Gasteiger partial charge in [-0.2, -0.15) is 0 Å². The van der Waals surface area contributed by atoms with Gasteiger partial charge in [-0.3, -0.25) is 0 Å². The van der Waals surface area contributed by atoms with Gasteiger partial charge in [0.2, 0.25) is 0 Å². The fraction of sp³-hybridized carbons (Fsp3) is 0.818. The van der Waals surface area contributed by atoms with Gasteiger partial charge in [-0.15, -0.1) is 0 Å². The summed E-state index contributed by atoms with van der Waals surface area (Å²) in [6.07, 6.45) is 21.3. The van der Waals surface area contributed by atoms with Crippen LogP contribution in [-0.4, -0.2) is 0 Å². The van der Waals surface area contributed by atoms with Crippen LogP contribution in [0.25, 0.3) is 0 Å². The van der Waals surface area contributed by atoms with Crippen LogP contribution in [0.4, 0.5) is 0 Å². The molecule has 0 aromatic rings. The number of hydrogen-bond donors (Lipinski definition) is 0. The molecule has 0 unspecified atom stereocenters. The Hall–Kier alpha value is -0.700. The molecule has 0 aromatic carbocycles. The fourth-order valence-corrected chi connectivity index (χ4v) is 4.43. The van der Waals surface area contributed by atoms with E-state index in [0.29, 0.717) is 5.92 Å². The third kappa shape index (κ3) is 6.20. The molecule has 0 aromatic heterocycles. The van der Waals surface area contributed by atoms with E-state index in [-0.39, 0.29) is 0 Å². The summed E-state index contributed by atoms with van der Waals surface area (Å²) in [6.45, 7) is 4.63. The van der Waals surface area contributed by atoms with Gasteiger partial charge in [-0.05, 0) is 75.2 Å². The van der Waals surface area contributed by atoms with Crippen LogP contribution >= 0.6 is 0 Å². The molecule has 0 saturated heterocycles. The van der Waals surface area contributed by atoms with E-state index in [0.717, 1.165) is 17.8 Å². The predicted molar refractivity (Wildman–Crippen MR) is 97.6 cm³/mol. The lowest BCUT2D eigenvalue weighted by molar-refractivity contribution is 0.294. The van der Waals surface area contributed by atoms with Gasteiger partial charge in [0, 0.05) is 5.92 Å². The second kappa shape index (κ2) is 10.1. The molecule has 2 fully saturated rings. The van der Waals surface area contributed by atoms with Crippen molar-refractivity contribution < 1.29 is 0 Å². The lowest BCUT2D eigenvalue weighted by atomic mass is 9.80. The van der Waals surface area contributed by atoms with Crippen molar-refractivity contribution in [2.45, 2.75) is 90.9 Å². The Morgan fingerprint density at radius 3 is 1.86 bits per heavy atom. The molecule has 0 heteroatoms. The SMILES string of the molecule is CCCC1CCC(C#C/C=C/C2CCC(CCC)CC2)CC1. The van der Waals surface area contributed by atoms with Crippen molar-refractivity contribution in [3.63, 3.8) is 0 Å². The van der Waals surface area contributed by atoms with Crippen molar-refractivity contribution in [1.29, 1.82) is 0 Å². The number of allylic oxidation sites excluding steroid dienone is 2. The first kappa shape index (κ1) is 17.7. The summed E-state index contributed by atoms with van der Waals surface area (Å²) in [7, 11) is 0. The molecule has 0 N–H and O–H groups in total. The molecule has 124 valence electrons. The van der Waals surface area contributed by atoms with E-state index in [1.165, 1.54) is 77.0 Å². The highest BCUT2D eigenvalue weighted by Gasteiger charge is 2.19. The molecule has 2 saturated carbocycles. The van der Waals surface area contributed by atoms with Gasteiger partial charge in [-0.25, -0.2) is 0 Å². The predicted octanol–water partition coefficient (Wildman–Crippen LogP) is 6.76. The molecule has 0 aliphatic heterocycles. The summed E-state index contributed by atoms with van der Waals surface area (Å²) in [5, 5.41) is 0. The molecule has 0 radical (unpaired) electrons. The van der Waals surface area contributed by atoms with Gasteiger partial charge in [-0.1, -0.05) is 57.4 Å². The van der Waals surface area contributed by atoms with Gasteiger partial charge in [0.15, 0.2) is 0 Å². The van der Waals surface area contributed by atoms with E-state index >= 15 is 0 Å². The highest BCUT2D eigenvalue weighted by molar-refractivity contribution is 5.18. The average molecular weight is 301 g/mol. The first-order chi connectivity index (χ1) is 10.8. The van der Waals surface area contributed by atoms with E-state index in [4.69, 9.17) is 0 Å².